The maximum absolute atomic E-state index is 12.6. The molecule has 3 heteroatoms. The number of Topliss-reactive ketones (excluding diaryl/α,β-unsaturated/α-hetero) is 1. The Morgan fingerprint density at radius 3 is 2.11 bits per heavy atom. The first-order valence-electron chi connectivity index (χ1n) is 9.45. The van der Waals surface area contributed by atoms with Crippen LogP contribution in [0.25, 0.3) is 16.0 Å². The maximum Gasteiger partial charge on any atom is 0.231 e. The Balaban J connectivity index is 1.55. The van der Waals surface area contributed by atoms with Crippen LogP contribution >= 0.6 is 15.9 Å². The van der Waals surface area contributed by atoms with Gasteiger partial charge in [-0.25, -0.2) is 6.57 Å². The van der Waals surface area contributed by atoms with Crippen molar-refractivity contribution in [3.05, 3.63) is 106 Å². The van der Waals surface area contributed by atoms with Gasteiger partial charge in [0.2, 0.25) is 6.04 Å². The lowest BCUT2D eigenvalue weighted by Gasteiger charge is -2.07. The number of halogens is 1. The molecule has 0 N–H and O–H groups in total. The molecule has 0 aliphatic carbocycles. The molecule has 0 fully saturated rings. The Kier molecular flexibility index (Phi) is 7.17. The summed E-state index contributed by atoms with van der Waals surface area (Å²) in [6.07, 6.45) is 2.91. The van der Waals surface area contributed by atoms with E-state index in [1.165, 1.54) is 5.56 Å². The fourth-order valence-corrected chi connectivity index (χ4v) is 3.49. The first-order chi connectivity index (χ1) is 13.7. The van der Waals surface area contributed by atoms with Gasteiger partial charge >= 0.3 is 0 Å². The summed E-state index contributed by atoms with van der Waals surface area (Å²) in [7, 11) is 0. The number of benzene rings is 3. The van der Waals surface area contributed by atoms with Gasteiger partial charge in [0.25, 0.3) is 0 Å². The van der Waals surface area contributed by atoms with Crippen LogP contribution in [0, 0.1) is 6.57 Å². The van der Waals surface area contributed by atoms with Gasteiger partial charge in [-0.2, -0.15) is 0 Å². The van der Waals surface area contributed by atoms with E-state index in [0.717, 1.165) is 34.9 Å². The smallest absolute Gasteiger partial charge is 0.231 e. The summed E-state index contributed by atoms with van der Waals surface area (Å²) in [6, 6.07) is 25.8. The van der Waals surface area contributed by atoms with E-state index in [-0.39, 0.29) is 18.2 Å². The van der Waals surface area contributed by atoms with Gasteiger partial charge in [0, 0.05) is 16.5 Å². The Hall–Kier alpha value is -2.70. The van der Waals surface area contributed by atoms with E-state index in [9.17, 15) is 4.79 Å². The topological polar surface area (TPSA) is 21.4 Å². The molecule has 0 saturated carbocycles. The molecule has 0 radical (unpaired) electrons. The highest BCUT2D eigenvalue weighted by Crippen LogP contribution is 2.23. The Morgan fingerprint density at radius 1 is 0.893 bits per heavy atom. The molecule has 0 aromatic heterocycles. The zero-order valence-corrected chi connectivity index (χ0v) is 17.2. The van der Waals surface area contributed by atoms with E-state index in [0.29, 0.717) is 5.56 Å². The largest absolute Gasteiger partial charge is 0.313 e. The standard InChI is InChI=1S/C25H22BrNO/c1-27-24(9-5-8-19-6-3-2-4-7-19)18-25(28)22-12-10-20(11-13-22)21-14-16-23(26)17-15-21/h2-4,6-7,10-17,24H,5,8-9,18H2. The molecule has 1 unspecified atom stereocenters. The van der Waals surface area contributed by atoms with Gasteiger partial charge < -0.3 is 4.85 Å². The monoisotopic (exact) mass is 431 g/mol. The lowest BCUT2D eigenvalue weighted by molar-refractivity contribution is 0.0977. The number of nitrogens with zero attached hydrogens (tertiary/aromatic N) is 1. The minimum absolute atomic E-state index is 0.0445. The van der Waals surface area contributed by atoms with Crippen molar-refractivity contribution in [1.82, 2.24) is 0 Å². The van der Waals surface area contributed by atoms with E-state index >= 15 is 0 Å². The second kappa shape index (κ2) is 10.0. The lowest BCUT2D eigenvalue weighted by atomic mass is 9.97. The summed E-state index contributed by atoms with van der Waals surface area (Å²) in [5.41, 5.74) is 4.15. The number of rotatable bonds is 8. The predicted octanol–water partition coefficient (Wildman–Crippen LogP) is 7.00. The van der Waals surface area contributed by atoms with Gasteiger partial charge in [-0.15, -0.1) is 0 Å². The predicted molar refractivity (Wildman–Crippen MR) is 118 cm³/mol. The molecule has 140 valence electrons. The van der Waals surface area contributed by atoms with E-state index in [2.05, 4.69) is 32.9 Å². The van der Waals surface area contributed by atoms with Crippen LogP contribution in [0.3, 0.4) is 0 Å². The van der Waals surface area contributed by atoms with Crippen molar-refractivity contribution in [3.63, 3.8) is 0 Å². The average Bonchev–Trinajstić information content (AvgIpc) is 2.74. The van der Waals surface area contributed by atoms with Crippen LogP contribution < -0.4 is 0 Å². The van der Waals surface area contributed by atoms with Gasteiger partial charge in [-0.3, -0.25) is 4.79 Å². The fraction of sp³-hybridized carbons (Fsp3) is 0.200. The van der Waals surface area contributed by atoms with Crippen LogP contribution in [0.5, 0.6) is 0 Å². The zero-order chi connectivity index (χ0) is 19.8. The third-order valence-electron chi connectivity index (χ3n) is 4.83. The molecule has 0 heterocycles. The summed E-state index contributed by atoms with van der Waals surface area (Å²) >= 11 is 3.44. The third-order valence-corrected chi connectivity index (χ3v) is 5.36. The Labute approximate surface area is 175 Å². The molecule has 3 aromatic rings. The van der Waals surface area contributed by atoms with Crippen LogP contribution in [0.1, 0.15) is 35.2 Å². The van der Waals surface area contributed by atoms with Gasteiger partial charge in [0.05, 0.1) is 6.42 Å². The Bertz CT molecular complexity index is 941. The summed E-state index contributed by atoms with van der Waals surface area (Å²) in [6.45, 7) is 7.43. The van der Waals surface area contributed by atoms with E-state index < -0.39 is 0 Å². The van der Waals surface area contributed by atoms with Crippen LogP contribution in [0.2, 0.25) is 0 Å². The van der Waals surface area contributed by atoms with Crippen molar-refractivity contribution >= 4 is 21.7 Å². The molecule has 3 rings (SSSR count). The molecule has 0 aliphatic rings. The molecule has 3 aromatic carbocycles. The van der Waals surface area contributed by atoms with Crippen molar-refractivity contribution in [1.29, 1.82) is 0 Å². The number of carbonyl (C=O) groups is 1. The number of aryl methyl sites for hydroxylation is 1. The van der Waals surface area contributed by atoms with Crippen LogP contribution in [0.15, 0.2) is 83.3 Å². The number of ketones is 1. The summed E-state index contributed by atoms with van der Waals surface area (Å²) in [5, 5.41) is 0. The third kappa shape index (κ3) is 5.65. The second-order valence-electron chi connectivity index (χ2n) is 6.87. The Morgan fingerprint density at radius 2 is 1.50 bits per heavy atom. The molecule has 2 nitrogen and oxygen atoms in total. The summed E-state index contributed by atoms with van der Waals surface area (Å²) in [5.74, 6) is 0.0445. The first kappa shape index (κ1) is 20.0. The lowest BCUT2D eigenvalue weighted by Crippen LogP contribution is -2.11. The molecule has 0 amide bonds. The van der Waals surface area contributed by atoms with Crippen molar-refractivity contribution < 1.29 is 4.79 Å². The van der Waals surface area contributed by atoms with E-state index in [4.69, 9.17) is 6.57 Å². The second-order valence-corrected chi connectivity index (χ2v) is 7.79. The van der Waals surface area contributed by atoms with Crippen molar-refractivity contribution in [3.8, 4) is 11.1 Å². The molecule has 0 bridgehead atoms. The normalized spacial score (nSPS) is 11.6. The van der Waals surface area contributed by atoms with Gasteiger partial charge in [0.15, 0.2) is 5.78 Å². The highest BCUT2D eigenvalue weighted by Gasteiger charge is 2.19. The molecule has 0 spiro atoms. The molecule has 0 saturated heterocycles. The van der Waals surface area contributed by atoms with E-state index in [1.54, 1.807) is 0 Å². The fourth-order valence-electron chi connectivity index (χ4n) is 3.22. The summed E-state index contributed by atoms with van der Waals surface area (Å²) < 4.78 is 1.04. The quantitative estimate of drug-likeness (QED) is 0.277. The minimum atomic E-state index is -0.248. The average molecular weight is 432 g/mol. The SMILES string of the molecule is [C-]#[N+]C(CCCc1ccccc1)CC(=O)c1ccc(-c2ccc(Br)cc2)cc1. The molecule has 28 heavy (non-hydrogen) atoms. The minimum Gasteiger partial charge on any atom is -0.313 e. The van der Waals surface area contributed by atoms with Gasteiger partial charge in [-0.05, 0) is 41.7 Å². The van der Waals surface area contributed by atoms with Crippen molar-refractivity contribution in [2.45, 2.75) is 31.7 Å². The highest BCUT2D eigenvalue weighted by molar-refractivity contribution is 9.10. The molecular weight excluding hydrogens is 410 g/mol. The summed E-state index contributed by atoms with van der Waals surface area (Å²) in [4.78, 5) is 16.3. The number of hydrogen-bond donors (Lipinski definition) is 0. The molecular formula is C25H22BrNO. The van der Waals surface area contributed by atoms with Crippen molar-refractivity contribution in [2.75, 3.05) is 0 Å². The molecule has 1 atom stereocenters. The van der Waals surface area contributed by atoms with Crippen molar-refractivity contribution in [2.24, 2.45) is 0 Å². The highest BCUT2D eigenvalue weighted by atomic mass is 79.9. The number of hydrogen-bond acceptors (Lipinski definition) is 1. The zero-order valence-electron chi connectivity index (χ0n) is 15.6. The van der Waals surface area contributed by atoms with Crippen LogP contribution in [-0.2, 0) is 6.42 Å². The maximum atomic E-state index is 12.6. The number of carbonyl (C=O) groups excluding carboxylic acids is 1. The van der Waals surface area contributed by atoms with E-state index in [1.807, 2.05) is 66.7 Å². The molecule has 0 aliphatic heterocycles. The first-order valence-corrected chi connectivity index (χ1v) is 10.2. The van der Waals surface area contributed by atoms with Gasteiger partial charge in [0.1, 0.15) is 0 Å². The van der Waals surface area contributed by atoms with Crippen LogP contribution in [-0.4, -0.2) is 11.8 Å². The van der Waals surface area contributed by atoms with Crippen LogP contribution in [0.4, 0.5) is 0 Å². The van der Waals surface area contributed by atoms with Gasteiger partial charge in [-0.1, -0.05) is 82.7 Å².